The first-order chi connectivity index (χ1) is 9.33. The molecule has 2 unspecified atom stereocenters. The molecule has 1 aromatic rings. The van der Waals surface area contributed by atoms with Crippen LogP contribution in [0, 0.1) is 11.3 Å². The van der Waals surface area contributed by atoms with E-state index in [1.807, 2.05) is 32.2 Å². The molecule has 0 aliphatic heterocycles. The van der Waals surface area contributed by atoms with E-state index in [4.69, 9.17) is 0 Å². The molecule has 0 aliphatic carbocycles. The van der Waals surface area contributed by atoms with E-state index in [0.29, 0.717) is 6.54 Å². The second-order valence-corrected chi connectivity index (χ2v) is 6.70. The van der Waals surface area contributed by atoms with Gasteiger partial charge in [0.05, 0.1) is 6.04 Å². The van der Waals surface area contributed by atoms with E-state index in [9.17, 15) is 4.79 Å². The van der Waals surface area contributed by atoms with Crippen molar-refractivity contribution in [3.63, 3.8) is 0 Å². The molecule has 0 saturated heterocycles. The fourth-order valence-corrected chi connectivity index (χ4v) is 2.26. The van der Waals surface area contributed by atoms with Crippen molar-refractivity contribution in [2.45, 2.75) is 40.2 Å². The minimum absolute atomic E-state index is 0. The van der Waals surface area contributed by atoms with E-state index in [1.165, 1.54) is 5.56 Å². The van der Waals surface area contributed by atoms with Gasteiger partial charge in [0.2, 0.25) is 5.91 Å². The number of nitrogens with one attached hydrogen (secondary N) is 2. The van der Waals surface area contributed by atoms with E-state index in [2.05, 4.69) is 43.5 Å². The van der Waals surface area contributed by atoms with Gasteiger partial charge in [0.25, 0.3) is 0 Å². The fourth-order valence-electron chi connectivity index (χ4n) is 2.26. The van der Waals surface area contributed by atoms with Crippen LogP contribution < -0.4 is 10.6 Å². The van der Waals surface area contributed by atoms with Crippen molar-refractivity contribution < 1.29 is 4.79 Å². The Morgan fingerprint density at radius 2 is 1.76 bits per heavy atom. The maximum absolute atomic E-state index is 12.3. The van der Waals surface area contributed by atoms with Gasteiger partial charge < -0.3 is 10.6 Å². The summed E-state index contributed by atoms with van der Waals surface area (Å²) in [5.41, 5.74) is 1.34. The molecule has 1 amide bonds. The number of halogens is 1. The van der Waals surface area contributed by atoms with Crippen molar-refractivity contribution in [2.75, 3.05) is 13.6 Å². The molecule has 0 aliphatic rings. The van der Waals surface area contributed by atoms with Crippen LogP contribution in [-0.2, 0) is 4.79 Å². The fraction of sp³-hybridized carbons (Fsp3) is 0.588. The van der Waals surface area contributed by atoms with Gasteiger partial charge in [-0.2, -0.15) is 0 Å². The molecule has 21 heavy (non-hydrogen) atoms. The van der Waals surface area contributed by atoms with Gasteiger partial charge in [-0.25, -0.2) is 0 Å². The summed E-state index contributed by atoms with van der Waals surface area (Å²) in [5, 5.41) is 6.24. The number of hydrogen-bond donors (Lipinski definition) is 2. The number of amides is 1. The molecule has 0 heterocycles. The molecule has 0 radical (unpaired) electrons. The second-order valence-electron chi connectivity index (χ2n) is 6.70. The number of hydrogen-bond acceptors (Lipinski definition) is 2. The maximum atomic E-state index is 12.3. The molecule has 0 saturated carbocycles. The summed E-state index contributed by atoms with van der Waals surface area (Å²) in [7, 11) is 1.87. The number of benzene rings is 1. The quantitative estimate of drug-likeness (QED) is 0.843. The summed E-state index contributed by atoms with van der Waals surface area (Å²) in [6.45, 7) is 9.25. The third-order valence-electron chi connectivity index (χ3n) is 3.29. The molecule has 120 valence electrons. The number of rotatable bonds is 6. The van der Waals surface area contributed by atoms with Crippen LogP contribution in [0.1, 0.15) is 45.7 Å². The third kappa shape index (κ3) is 7.49. The SMILES string of the molecule is CNCC(C)C(=O)NC(CC(C)(C)C)c1ccccc1.Cl. The van der Waals surface area contributed by atoms with Crippen LogP contribution >= 0.6 is 12.4 Å². The lowest BCUT2D eigenvalue weighted by Crippen LogP contribution is -2.38. The lowest BCUT2D eigenvalue weighted by Gasteiger charge is -2.28. The summed E-state index contributed by atoms with van der Waals surface area (Å²) in [6.07, 6.45) is 0.926. The number of carbonyl (C=O) groups excluding carboxylic acids is 1. The van der Waals surface area contributed by atoms with Gasteiger partial charge in [0.1, 0.15) is 0 Å². The topological polar surface area (TPSA) is 41.1 Å². The molecular formula is C17H29ClN2O. The summed E-state index contributed by atoms with van der Waals surface area (Å²) in [5.74, 6) is 0.0867. The Morgan fingerprint density at radius 3 is 2.24 bits per heavy atom. The van der Waals surface area contributed by atoms with Gasteiger partial charge in [-0.1, -0.05) is 58.0 Å². The molecule has 1 rings (SSSR count). The molecule has 4 heteroatoms. The Kier molecular flexibility index (Phi) is 8.60. The minimum atomic E-state index is -0.0221. The maximum Gasteiger partial charge on any atom is 0.224 e. The first kappa shape index (κ1) is 19.9. The highest BCUT2D eigenvalue weighted by Crippen LogP contribution is 2.29. The zero-order chi connectivity index (χ0) is 15.2. The average molecular weight is 313 g/mol. The molecule has 0 aromatic heterocycles. The van der Waals surface area contributed by atoms with Gasteiger partial charge in [-0.05, 0) is 24.4 Å². The zero-order valence-electron chi connectivity index (χ0n) is 13.8. The van der Waals surface area contributed by atoms with Gasteiger partial charge in [0, 0.05) is 12.5 Å². The average Bonchev–Trinajstić information content (AvgIpc) is 2.37. The molecule has 3 nitrogen and oxygen atoms in total. The van der Waals surface area contributed by atoms with Gasteiger partial charge in [0.15, 0.2) is 0 Å². The molecule has 2 atom stereocenters. The molecule has 0 spiro atoms. The van der Waals surface area contributed by atoms with Crippen LogP contribution in [-0.4, -0.2) is 19.5 Å². The number of carbonyl (C=O) groups is 1. The van der Waals surface area contributed by atoms with E-state index in [-0.39, 0.29) is 35.7 Å². The van der Waals surface area contributed by atoms with Crippen LogP contribution in [0.4, 0.5) is 0 Å². The van der Waals surface area contributed by atoms with Crippen molar-refractivity contribution in [3.05, 3.63) is 35.9 Å². The highest BCUT2D eigenvalue weighted by atomic mass is 35.5. The Labute approximate surface area is 135 Å². The van der Waals surface area contributed by atoms with Gasteiger partial charge >= 0.3 is 0 Å². The predicted octanol–water partition coefficient (Wildman–Crippen LogP) is 3.56. The summed E-state index contributed by atoms with van der Waals surface area (Å²) in [6, 6.07) is 10.3. The van der Waals surface area contributed by atoms with E-state index < -0.39 is 0 Å². The van der Waals surface area contributed by atoms with Crippen molar-refractivity contribution in [3.8, 4) is 0 Å². The lowest BCUT2D eigenvalue weighted by atomic mass is 9.85. The summed E-state index contributed by atoms with van der Waals surface area (Å²) in [4.78, 5) is 12.3. The van der Waals surface area contributed by atoms with Crippen molar-refractivity contribution in [1.82, 2.24) is 10.6 Å². The smallest absolute Gasteiger partial charge is 0.224 e. The van der Waals surface area contributed by atoms with Gasteiger partial charge in [-0.3, -0.25) is 4.79 Å². The van der Waals surface area contributed by atoms with E-state index in [0.717, 1.165) is 6.42 Å². The van der Waals surface area contributed by atoms with Crippen molar-refractivity contribution >= 4 is 18.3 Å². The first-order valence-corrected chi connectivity index (χ1v) is 7.33. The van der Waals surface area contributed by atoms with Gasteiger partial charge in [-0.15, -0.1) is 12.4 Å². The van der Waals surface area contributed by atoms with Crippen LogP contribution in [0.3, 0.4) is 0 Å². The standard InChI is InChI=1S/C17H28N2O.ClH/c1-13(12-18-5)16(20)19-15(11-17(2,3)4)14-9-7-6-8-10-14;/h6-10,13,15,18H,11-12H2,1-5H3,(H,19,20);1H. The summed E-state index contributed by atoms with van der Waals surface area (Å²) < 4.78 is 0. The molecular weight excluding hydrogens is 284 g/mol. The Morgan fingerprint density at radius 1 is 1.19 bits per heavy atom. The zero-order valence-corrected chi connectivity index (χ0v) is 14.6. The Balaban J connectivity index is 0.00000400. The van der Waals surface area contributed by atoms with E-state index >= 15 is 0 Å². The third-order valence-corrected chi connectivity index (χ3v) is 3.29. The molecule has 1 aromatic carbocycles. The highest BCUT2D eigenvalue weighted by molar-refractivity contribution is 5.85. The largest absolute Gasteiger partial charge is 0.349 e. The second kappa shape index (κ2) is 9.06. The molecule has 0 fully saturated rings. The van der Waals surface area contributed by atoms with E-state index in [1.54, 1.807) is 0 Å². The Bertz CT molecular complexity index is 415. The van der Waals surface area contributed by atoms with Crippen LogP contribution in [0.15, 0.2) is 30.3 Å². The Hall–Kier alpha value is -1.06. The normalized spacial score (nSPS) is 14.0. The monoisotopic (exact) mass is 312 g/mol. The first-order valence-electron chi connectivity index (χ1n) is 7.33. The highest BCUT2D eigenvalue weighted by Gasteiger charge is 2.23. The lowest BCUT2D eigenvalue weighted by molar-refractivity contribution is -0.125. The van der Waals surface area contributed by atoms with Crippen molar-refractivity contribution in [1.29, 1.82) is 0 Å². The summed E-state index contributed by atoms with van der Waals surface area (Å²) >= 11 is 0. The molecule has 2 N–H and O–H groups in total. The molecule has 0 bridgehead atoms. The van der Waals surface area contributed by atoms with Crippen molar-refractivity contribution in [2.24, 2.45) is 11.3 Å². The van der Waals surface area contributed by atoms with Crippen LogP contribution in [0.25, 0.3) is 0 Å². The predicted molar refractivity (Wildman–Crippen MR) is 91.7 cm³/mol. The minimum Gasteiger partial charge on any atom is -0.349 e. The van der Waals surface area contributed by atoms with Crippen LogP contribution in [0.2, 0.25) is 0 Å². The van der Waals surface area contributed by atoms with Crippen LogP contribution in [0.5, 0.6) is 0 Å².